The zero-order valence-electron chi connectivity index (χ0n) is 14.9. The number of methoxy groups -OCH3 is 1. The van der Waals surface area contributed by atoms with Gasteiger partial charge in [-0.25, -0.2) is 4.98 Å². The summed E-state index contributed by atoms with van der Waals surface area (Å²) in [5, 5.41) is 3.49. The molecule has 3 aromatic rings. The Morgan fingerprint density at radius 3 is 2.81 bits per heavy atom. The van der Waals surface area contributed by atoms with E-state index in [0.717, 1.165) is 35.8 Å². The van der Waals surface area contributed by atoms with Crippen molar-refractivity contribution in [3.8, 4) is 17.2 Å². The lowest BCUT2D eigenvalue weighted by Gasteiger charge is -2.13. The topological polar surface area (TPSA) is 48.3 Å². The molecule has 0 aliphatic heterocycles. The molecule has 5 heteroatoms. The first-order chi connectivity index (χ1) is 12.8. The number of hydrogen-bond acceptors (Lipinski definition) is 4. The van der Waals surface area contributed by atoms with Gasteiger partial charge in [-0.1, -0.05) is 36.9 Å². The van der Waals surface area contributed by atoms with Gasteiger partial charge >= 0.3 is 0 Å². The maximum Gasteiger partial charge on any atom is 0.161 e. The Morgan fingerprint density at radius 2 is 2.04 bits per heavy atom. The molecule has 0 fully saturated rings. The maximum atomic E-state index is 5.59. The van der Waals surface area contributed by atoms with Gasteiger partial charge in [-0.2, -0.15) is 0 Å². The van der Waals surface area contributed by atoms with Crippen LogP contribution < -0.4 is 14.8 Å². The number of nitrogens with zero attached hydrogens (tertiary/aromatic N) is 2. The minimum absolute atomic E-state index is 0.457. The van der Waals surface area contributed by atoms with E-state index in [2.05, 4.69) is 29.0 Å². The first kappa shape index (κ1) is 17.8. The predicted octanol–water partition coefficient (Wildman–Crippen LogP) is 3.74. The number of benzene rings is 2. The second-order valence-corrected chi connectivity index (χ2v) is 5.79. The predicted molar refractivity (Wildman–Crippen MR) is 103 cm³/mol. The number of nitrogens with one attached hydrogen (secondary N) is 1. The summed E-state index contributed by atoms with van der Waals surface area (Å²) in [7, 11) is 1.65. The number of ether oxygens (including phenoxy) is 2. The fourth-order valence-corrected chi connectivity index (χ4v) is 2.75. The molecule has 0 spiro atoms. The normalized spacial score (nSPS) is 10.5. The van der Waals surface area contributed by atoms with E-state index in [4.69, 9.17) is 9.47 Å². The summed E-state index contributed by atoms with van der Waals surface area (Å²) in [6, 6.07) is 14.3. The average molecular weight is 349 g/mol. The van der Waals surface area contributed by atoms with Gasteiger partial charge in [-0.05, 0) is 29.3 Å². The quantitative estimate of drug-likeness (QED) is 0.598. The average Bonchev–Trinajstić information content (AvgIpc) is 3.22. The summed E-state index contributed by atoms with van der Waals surface area (Å²) in [6.07, 6.45) is 7.26. The van der Waals surface area contributed by atoms with Gasteiger partial charge in [0.15, 0.2) is 11.5 Å². The molecule has 0 unspecified atom stereocenters. The Morgan fingerprint density at radius 1 is 1.15 bits per heavy atom. The number of rotatable bonds is 9. The van der Waals surface area contributed by atoms with E-state index in [1.807, 2.05) is 47.4 Å². The third kappa shape index (κ3) is 4.32. The van der Waals surface area contributed by atoms with Gasteiger partial charge in [0.25, 0.3) is 0 Å². The monoisotopic (exact) mass is 349 g/mol. The van der Waals surface area contributed by atoms with Crippen molar-refractivity contribution in [3.63, 3.8) is 0 Å². The molecule has 0 atom stereocenters. The number of hydrogen-bond donors (Lipinski definition) is 1. The van der Waals surface area contributed by atoms with E-state index in [-0.39, 0.29) is 0 Å². The van der Waals surface area contributed by atoms with Crippen LogP contribution in [-0.2, 0) is 13.1 Å². The molecule has 0 bridgehead atoms. The molecule has 0 aliphatic rings. The fraction of sp³-hybridized carbons (Fsp3) is 0.190. The number of para-hydroxylation sites is 1. The van der Waals surface area contributed by atoms with Crippen LogP contribution >= 0.6 is 0 Å². The smallest absolute Gasteiger partial charge is 0.161 e. The van der Waals surface area contributed by atoms with E-state index < -0.39 is 0 Å². The van der Waals surface area contributed by atoms with Crippen molar-refractivity contribution in [2.45, 2.75) is 13.1 Å². The van der Waals surface area contributed by atoms with Crippen LogP contribution in [0.2, 0.25) is 0 Å². The molecular formula is C21H23N3O2. The standard InChI is InChI=1S/C21H23N3O2/c1-3-12-26-20-9-8-17(13-21(20)25-2)14-23-15-18-6-4-5-7-19(18)24-11-10-22-16-24/h3-11,13,16,23H,1,12,14-15H2,2H3. The SMILES string of the molecule is C=CCOc1ccc(CNCc2ccccc2-n2ccnc2)cc1OC. The Kier molecular flexibility index (Phi) is 6.06. The lowest BCUT2D eigenvalue weighted by atomic mass is 10.1. The highest BCUT2D eigenvalue weighted by atomic mass is 16.5. The van der Waals surface area contributed by atoms with E-state index >= 15 is 0 Å². The summed E-state index contributed by atoms with van der Waals surface area (Å²) in [5.74, 6) is 1.45. The van der Waals surface area contributed by atoms with Crippen LogP contribution in [0.1, 0.15) is 11.1 Å². The highest BCUT2D eigenvalue weighted by Crippen LogP contribution is 2.28. The van der Waals surface area contributed by atoms with E-state index in [9.17, 15) is 0 Å². The van der Waals surface area contributed by atoms with Gasteiger partial charge in [-0.3, -0.25) is 0 Å². The van der Waals surface area contributed by atoms with Crippen molar-refractivity contribution in [1.82, 2.24) is 14.9 Å². The Labute approximate surface area is 153 Å². The van der Waals surface area contributed by atoms with Crippen molar-refractivity contribution in [3.05, 3.63) is 85.0 Å². The minimum Gasteiger partial charge on any atom is -0.493 e. The minimum atomic E-state index is 0.457. The first-order valence-corrected chi connectivity index (χ1v) is 8.49. The van der Waals surface area contributed by atoms with Gasteiger partial charge in [-0.15, -0.1) is 0 Å². The van der Waals surface area contributed by atoms with E-state index in [1.54, 1.807) is 19.4 Å². The Bertz CT molecular complexity index is 844. The van der Waals surface area contributed by atoms with Crippen LogP contribution in [-0.4, -0.2) is 23.3 Å². The Hall–Kier alpha value is -3.05. The number of imidazole rings is 1. The fourth-order valence-electron chi connectivity index (χ4n) is 2.75. The summed E-state index contributed by atoms with van der Waals surface area (Å²) in [5.41, 5.74) is 3.47. The molecule has 0 saturated carbocycles. The highest BCUT2D eigenvalue weighted by Gasteiger charge is 2.07. The largest absolute Gasteiger partial charge is 0.493 e. The lowest BCUT2D eigenvalue weighted by molar-refractivity contribution is 0.326. The Balaban J connectivity index is 1.65. The molecule has 0 amide bonds. The number of aromatic nitrogens is 2. The third-order valence-electron chi connectivity index (χ3n) is 4.00. The molecule has 0 saturated heterocycles. The van der Waals surface area contributed by atoms with Crippen molar-refractivity contribution < 1.29 is 9.47 Å². The highest BCUT2D eigenvalue weighted by molar-refractivity contribution is 5.43. The van der Waals surface area contributed by atoms with Gasteiger partial charge in [0.2, 0.25) is 0 Å². The molecule has 5 nitrogen and oxygen atoms in total. The van der Waals surface area contributed by atoms with Gasteiger partial charge < -0.3 is 19.4 Å². The summed E-state index contributed by atoms with van der Waals surface area (Å²) in [4.78, 5) is 4.13. The molecule has 1 N–H and O–H groups in total. The molecule has 0 radical (unpaired) electrons. The van der Waals surface area contributed by atoms with Gasteiger partial charge in [0.1, 0.15) is 6.61 Å². The van der Waals surface area contributed by atoms with Crippen LogP contribution in [0.5, 0.6) is 11.5 Å². The molecule has 26 heavy (non-hydrogen) atoms. The molecule has 134 valence electrons. The van der Waals surface area contributed by atoms with Crippen molar-refractivity contribution in [2.75, 3.05) is 13.7 Å². The van der Waals surface area contributed by atoms with Crippen molar-refractivity contribution in [1.29, 1.82) is 0 Å². The second-order valence-electron chi connectivity index (χ2n) is 5.79. The van der Waals surface area contributed by atoms with Crippen LogP contribution in [0.3, 0.4) is 0 Å². The summed E-state index contributed by atoms with van der Waals surface area (Å²) >= 11 is 0. The van der Waals surface area contributed by atoms with Gasteiger partial charge in [0, 0.05) is 25.5 Å². The lowest BCUT2D eigenvalue weighted by Crippen LogP contribution is -2.14. The van der Waals surface area contributed by atoms with Gasteiger partial charge in [0.05, 0.1) is 19.1 Å². The van der Waals surface area contributed by atoms with Crippen LogP contribution in [0.4, 0.5) is 0 Å². The van der Waals surface area contributed by atoms with Crippen molar-refractivity contribution >= 4 is 0 Å². The zero-order chi connectivity index (χ0) is 18.2. The molecule has 2 aromatic carbocycles. The first-order valence-electron chi connectivity index (χ1n) is 8.49. The van der Waals surface area contributed by atoms with Crippen molar-refractivity contribution in [2.24, 2.45) is 0 Å². The third-order valence-corrected chi connectivity index (χ3v) is 4.00. The molecule has 3 rings (SSSR count). The zero-order valence-corrected chi connectivity index (χ0v) is 14.9. The van der Waals surface area contributed by atoms with Crippen LogP contribution in [0, 0.1) is 0 Å². The van der Waals surface area contributed by atoms with Crippen LogP contribution in [0.25, 0.3) is 5.69 Å². The molecule has 0 aliphatic carbocycles. The summed E-state index contributed by atoms with van der Waals surface area (Å²) in [6.45, 7) is 5.61. The molecule has 1 heterocycles. The van der Waals surface area contributed by atoms with Crippen LogP contribution in [0.15, 0.2) is 73.8 Å². The summed E-state index contributed by atoms with van der Waals surface area (Å²) < 4.78 is 13.0. The molecule has 1 aromatic heterocycles. The second kappa shape index (κ2) is 8.87. The maximum absolute atomic E-state index is 5.59. The van der Waals surface area contributed by atoms with E-state index in [1.165, 1.54) is 5.56 Å². The molecular weight excluding hydrogens is 326 g/mol. The van der Waals surface area contributed by atoms with E-state index in [0.29, 0.717) is 6.61 Å².